The summed E-state index contributed by atoms with van der Waals surface area (Å²) in [5.74, 6) is 0. The van der Waals surface area contributed by atoms with Crippen LogP contribution < -0.4 is 0 Å². The van der Waals surface area contributed by atoms with Gasteiger partial charge in [-0.2, -0.15) is 5.10 Å². The molecule has 82 valence electrons. The van der Waals surface area contributed by atoms with E-state index in [2.05, 4.69) is 5.10 Å². The molecule has 0 aliphatic carbocycles. The van der Waals surface area contributed by atoms with Crippen molar-refractivity contribution in [3.63, 3.8) is 0 Å². The van der Waals surface area contributed by atoms with E-state index in [9.17, 15) is 10.1 Å². The lowest BCUT2D eigenvalue weighted by Gasteiger charge is -2.03. The van der Waals surface area contributed by atoms with Crippen LogP contribution in [-0.2, 0) is 0 Å². The second-order valence-electron chi connectivity index (χ2n) is 3.36. The van der Waals surface area contributed by atoms with Crippen molar-refractivity contribution in [3.8, 4) is 5.69 Å². The molecule has 0 bridgehead atoms. The highest BCUT2D eigenvalue weighted by molar-refractivity contribution is 6.32. The van der Waals surface area contributed by atoms with Gasteiger partial charge in [-0.1, -0.05) is 11.6 Å². The van der Waals surface area contributed by atoms with Gasteiger partial charge >= 0.3 is 0 Å². The molecule has 0 saturated heterocycles. The minimum Gasteiger partial charge on any atom is -0.258 e. The molecule has 0 amide bonds. The van der Waals surface area contributed by atoms with E-state index in [1.807, 2.05) is 6.92 Å². The van der Waals surface area contributed by atoms with Gasteiger partial charge in [0.2, 0.25) is 0 Å². The highest BCUT2D eigenvalue weighted by Gasteiger charge is 2.10. The van der Waals surface area contributed by atoms with E-state index in [0.29, 0.717) is 10.7 Å². The Balaban J connectivity index is 2.47. The lowest BCUT2D eigenvalue weighted by Crippen LogP contribution is -1.96. The van der Waals surface area contributed by atoms with Gasteiger partial charge in [-0.3, -0.25) is 10.1 Å². The number of non-ortho nitro benzene ring substituents is 1. The summed E-state index contributed by atoms with van der Waals surface area (Å²) < 4.78 is 1.58. The SMILES string of the molecule is Cc1cnn(-c2ccc([N+](=O)[O-])cc2Cl)c1. The number of hydrogen-bond donors (Lipinski definition) is 0. The number of nitro benzene ring substituents is 1. The Bertz CT molecular complexity index is 551. The van der Waals surface area contributed by atoms with Crippen molar-refractivity contribution in [2.45, 2.75) is 6.92 Å². The second kappa shape index (κ2) is 3.94. The molecule has 16 heavy (non-hydrogen) atoms. The number of aromatic nitrogens is 2. The third kappa shape index (κ3) is 1.90. The Morgan fingerprint density at radius 2 is 2.25 bits per heavy atom. The zero-order valence-electron chi connectivity index (χ0n) is 8.42. The van der Waals surface area contributed by atoms with E-state index in [4.69, 9.17) is 11.6 Å². The molecule has 0 atom stereocenters. The molecule has 6 heteroatoms. The standard InChI is InChI=1S/C10H8ClN3O2/c1-7-5-12-13(6-7)10-3-2-8(14(15)16)4-9(10)11/h2-6H,1H3. The fourth-order valence-electron chi connectivity index (χ4n) is 1.34. The Morgan fingerprint density at radius 1 is 1.50 bits per heavy atom. The zero-order chi connectivity index (χ0) is 11.7. The van der Waals surface area contributed by atoms with E-state index in [1.165, 1.54) is 12.1 Å². The van der Waals surface area contributed by atoms with Gasteiger partial charge in [0.05, 0.1) is 21.8 Å². The molecular formula is C10H8ClN3O2. The van der Waals surface area contributed by atoms with E-state index in [1.54, 1.807) is 23.1 Å². The maximum atomic E-state index is 10.5. The molecule has 1 heterocycles. The first-order valence-corrected chi connectivity index (χ1v) is 4.91. The van der Waals surface area contributed by atoms with E-state index < -0.39 is 4.92 Å². The lowest BCUT2D eigenvalue weighted by atomic mass is 10.3. The minimum atomic E-state index is -0.482. The van der Waals surface area contributed by atoms with Crippen molar-refractivity contribution in [1.82, 2.24) is 9.78 Å². The lowest BCUT2D eigenvalue weighted by molar-refractivity contribution is -0.384. The fourth-order valence-corrected chi connectivity index (χ4v) is 1.60. The van der Waals surface area contributed by atoms with Gasteiger partial charge in [-0.15, -0.1) is 0 Å². The predicted octanol–water partition coefficient (Wildman–Crippen LogP) is 2.74. The van der Waals surface area contributed by atoms with Crippen LogP contribution in [0.15, 0.2) is 30.6 Å². The van der Waals surface area contributed by atoms with Crippen LogP contribution in [-0.4, -0.2) is 14.7 Å². The van der Waals surface area contributed by atoms with Gasteiger partial charge in [0.25, 0.3) is 5.69 Å². The smallest absolute Gasteiger partial charge is 0.258 e. The van der Waals surface area contributed by atoms with Gasteiger partial charge < -0.3 is 0 Å². The number of nitrogens with zero attached hydrogens (tertiary/aromatic N) is 3. The van der Waals surface area contributed by atoms with Crippen molar-refractivity contribution >= 4 is 17.3 Å². The summed E-state index contributed by atoms with van der Waals surface area (Å²) >= 11 is 5.95. The third-order valence-electron chi connectivity index (χ3n) is 2.10. The quantitative estimate of drug-likeness (QED) is 0.596. The maximum Gasteiger partial charge on any atom is 0.271 e. The van der Waals surface area contributed by atoms with E-state index in [0.717, 1.165) is 5.56 Å². The zero-order valence-corrected chi connectivity index (χ0v) is 9.18. The molecule has 0 N–H and O–H groups in total. The first-order chi connectivity index (χ1) is 7.58. The molecule has 0 radical (unpaired) electrons. The molecule has 0 aliphatic rings. The number of halogens is 1. The van der Waals surface area contributed by atoms with Crippen molar-refractivity contribution < 1.29 is 4.92 Å². The Labute approximate surface area is 96.4 Å². The molecule has 0 unspecified atom stereocenters. The first-order valence-electron chi connectivity index (χ1n) is 4.53. The van der Waals surface area contributed by atoms with Crippen molar-refractivity contribution in [3.05, 3.63) is 51.3 Å². The molecule has 0 fully saturated rings. The van der Waals surface area contributed by atoms with E-state index in [-0.39, 0.29) is 5.69 Å². The monoisotopic (exact) mass is 237 g/mol. The highest BCUT2D eigenvalue weighted by atomic mass is 35.5. The van der Waals surface area contributed by atoms with Gasteiger partial charge in [-0.25, -0.2) is 4.68 Å². The summed E-state index contributed by atoms with van der Waals surface area (Å²) in [6.45, 7) is 1.91. The summed E-state index contributed by atoms with van der Waals surface area (Å²) in [6.07, 6.45) is 3.49. The summed E-state index contributed by atoms with van der Waals surface area (Å²) in [5.41, 5.74) is 1.59. The Morgan fingerprint density at radius 3 is 2.75 bits per heavy atom. The topological polar surface area (TPSA) is 61.0 Å². The van der Waals surface area contributed by atoms with Crippen LogP contribution in [0.2, 0.25) is 5.02 Å². The molecule has 5 nitrogen and oxygen atoms in total. The van der Waals surface area contributed by atoms with Crippen molar-refractivity contribution in [2.24, 2.45) is 0 Å². The number of hydrogen-bond acceptors (Lipinski definition) is 3. The average Bonchev–Trinajstić information content (AvgIpc) is 2.64. The molecule has 0 aliphatic heterocycles. The summed E-state index contributed by atoms with van der Waals surface area (Å²) in [6, 6.07) is 4.29. The van der Waals surface area contributed by atoms with Gasteiger partial charge in [0, 0.05) is 18.3 Å². The molecule has 0 saturated carbocycles. The predicted molar refractivity (Wildman–Crippen MR) is 60.0 cm³/mol. The first kappa shape index (κ1) is 10.6. The van der Waals surface area contributed by atoms with E-state index >= 15 is 0 Å². The Kier molecular flexibility index (Phi) is 2.62. The molecule has 0 spiro atoms. The molecular weight excluding hydrogens is 230 g/mol. The number of nitro groups is 1. The summed E-state index contributed by atoms with van der Waals surface area (Å²) in [4.78, 5) is 10.0. The van der Waals surface area contributed by atoms with Crippen molar-refractivity contribution in [1.29, 1.82) is 0 Å². The van der Waals surface area contributed by atoms with Crippen LogP contribution in [0.3, 0.4) is 0 Å². The second-order valence-corrected chi connectivity index (χ2v) is 3.76. The van der Waals surface area contributed by atoms with Gasteiger partial charge in [-0.05, 0) is 18.6 Å². The summed E-state index contributed by atoms with van der Waals surface area (Å²) in [5, 5.41) is 14.9. The van der Waals surface area contributed by atoms with Crippen LogP contribution in [0.1, 0.15) is 5.56 Å². The van der Waals surface area contributed by atoms with Crippen LogP contribution >= 0.6 is 11.6 Å². The molecule has 1 aromatic carbocycles. The van der Waals surface area contributed by atoms with Gasteiger partial charge in [0.15, 0.2) is 0 Å². The molecule has 2 aromatic rings. The third-order valence-corrected chi connectivity index (χ3v) is 2.40. The van der Waals surface area contributed by atoms with Crippen LogP contribution in [0.4, 0.5) is 5.69 Å². The van der Waals surface area contributed by atoms with Gasteiger partial charge in [0.1, 0.15) is 0 Å². The Hall–Kier alpha value is -1.88. The van der Waals surface area contributed by atoms with Crippen LogP contribution in [0, 0.1) is 17.0 Å². The minimum absolute atomic E-state index is 0.0300. The number of benzene rings is 1. The molecule has 1 aromatic heterocycles. The van der Waals surface area contributed by atoms with Crippen molar-refractivity contribution in [2.75, 3.05) is 0 Å². The van der Waals surface area contributed by atoms with Crippen LogP contribution in [0.5, 0.6) is 0 Å². The summed E-state index contributed by atoms with van der Waals surface area (Å²) in [7, 11) is 0. The number of rotatable bonds is 2. The average molecular weight is 238 g/mol. The normalized spacial score (nSPS) is 10.4. The highest BCUT2D eigenvalue weighted by Crippen LogP contribution is 2.25. The number of aryl methyl sites for hydroxylation is 1. The van der Waals surface area contributed by atoms with Crippen LogP contribution in [0.25, 0.3) is 5.69 Å². The maximum absolute atomic E-state index is 10.5. The fraction of sp³-hybridized carbons (Fsp3) is 0.100. The largest absolute Gasteiger partial charge is 0.271 e. The molecule has 2 rings (SSSR count).